The SMILES string of the molecule is O=C(NC(CO)CO)c1ccc(Br)cc1C(F)(F)F. The third-order valence-corrected chi connectivity index (χ3v) is 2.80. The maximum Gasteiger partial charge on any atom is 0.417 e. The second-order valence-corrected chi connectivity index (χ2v) is 4.64. The zero-order valence-corrected chi connectivity index (χ0v) is 11.1. The Morgan fingerprint density at radius 3 is 2.37 bits per heavy atom. The van der Waals surface area contributed by atoms with E-state index in [9.17, 15) is 18.0 Å². The van der Waals surface area contributed by atoms with Gasteiger partial charge in [0.2, 0.25) is 0 Å². The van der Waals surface area contributed by atoms with E-state index in [1.54, 1.807) is 0 Å². The number of hydrogen-bond donors (Lipinski definition) is 3. The fourth-order valence-corrected chi connectivity index (χ4v) is 1.72. The van der Waals surface area contributed by atoms with Gasteiger partial charge in [-0.25, -0.2) is 0 Å². The zero-order valence-electron chi connectivity index (χ0n) is 9.54. The van der Waals surface area contributed by atoms with Crippen molar-refractivity contribution in [2.24, 2.45) is 0 Å². The van der Waals surface area contributed by atoms with E-state index in [4.69, 9.17) is 10.2 Å². The van der Waals surface area contributed by atoms with Crippen molar-refractivity contribution in [3.63, 3.8) is 0 Å². The Balaban J connectivity index is 3.09. The second kappa shape index (κ2) is 6.36. The predicted molar refractivity (Wildman–Crippen MR) is 64.6 cm³/mol. The molecule has 0 heterocycles. The summed E-state index contributed by atoms with van der Waals surface area (Å²) in [6.45, 7) is -1.14. The maximum atomic E-state index is 12.8. The summed E-state index contributed by atoms with van der Waals surface area (Å²) in [5.41, 5.74) is -1.66. The van der Waals surface area contributed by atoms with Gasteiger partial charge in [-0.3, -0.25) is 4.79 Å². The highest BCUT2D eigenvalue weighted by atomic mass is 79.9. The summed E-state index contributed by atoms with van der Waals surface area (Å²) >= 11 is 2.90. The first-order valence-corrected chi connectivity index (χ1v) is 5.98. The van der Waals surface area contributed by atoms with Crippen LogP contribution in [0.2, 0.25) is 0 Å². The Bertz CT molecular complexity index is 461. The molecule has 3 N–H and O–H groups in total. The van der Waals surface area contributed by atoms with Crippen LogP contribution in [0.15, 0.2) is 22.7 Å². The number of rotatable bonds is 4. The summed E-state index contributed by atoms with van der Waals surface area (Å²) in [6.07, 6.45) is -4.68. The van der Waals surface area contributed by atoms with Gasteiger partial charge in [0.05, 0.1) is 30.4 Å². The van der Waals surface area contributed by atoms with Crippen LogP contribution in [0.5, 0.6) is 0 Å². The number of carbonyl (C=O) groups is 1. The van der Waals surface area contributed by atoms with E-state index >= 15 is 0 Å². The van der Waals surface area contributed by atoms with Crippen LogP contribution in [0.1, 0.15) is 15.9 Å². The van der Waals surface area contributed by atoms with Crippen molar-refractivity contribution in [2.75, 3.05) is 13.2 Å². The fourth-order valence-electron chi connectivity index (χ4n) is 1.36. The van der Waals surface area contributed by atoms with Gasteiger partial charge in [0, 0.05) is 4.47 Å². The Labute approximate surface area is 115 Å². The molecule has 0 atom stereocenters. The minimum atomic E-state index is -4.68. The molecule has 1 aromatic carbocycles. The first-order valence-electron chi connectivity index (χ1n) is 5.19. The Kier molecular flexibility index (Phi) is 5.33. The molecule has 0 aromatic heterocycles. The van der Waals surface area contributed by atoms with Crippen molar-refractivity contribution in [1.82, 2.24) is 5.32 Å². The number of aliphatic hydroxyl groups excluding tert-OH is 2. The summed E-state index contributed by atoms with van der Waals surface area (Å²) in [5.74, 6) is -1.01. The van der Waals surface area contributed by atoms with Gasteiger partial charge in [0.1, 0.15) is 0 Å². The van der Waals surface area contributed by atoms with Crippen molar-refractivity contribution < 1.29 is 28.2 Å². The molecule has 1 rings (SSSR count). The average molecular weight is 342 g/mol. The van der Waals surface area contributed by atoms with Crippen LogP contribution in [-0.2, 0) is 6.18 Å². The number of amides is 1. The minimum Gasteiger partial charge on any atom is -0.394 e. The van der Waals surface area contributed by atoms with Gasteiger partial charge in [-0.2, -0.15) is 13.2 Å². The van der Waals surface area contributed by atoms with E-state index in [2.05, 4.69) is 21.2 Å². The molecule has 4 nitrogen and oxygen atoms in total. The van der Waals surface area contributed by atoms with Crippen molar-refractivity contribution in [3.05, 3.63) is 33.8 Å². The summed E-state index contributed by atoms with van der Waals surface area (Å²) in [4.78, 5) is 11.7. The van der Waals surface area contributed by atoms with Crippen molar-refractivity contribution in [2.45, 2.75) is 12.2 Å². The van der Waals surface area contributed by atoms with E-state index < -0.39 is 42.5 Å². The highest BCUT2D eigenvalue weighted by Gasteiger charge is 2.35. The lowest BCUT2D eigenvalue weighted by atomic mass is 10.1. The van der Waals surface area contributed by atoms with E-state index in [0.29, 0.717) is 0 Å². The van der Waals surface area contributed by atoms with Crippen molar-refractivity contribution >= 4 is 21.8 Å². The number of hydrogen-bond acceptors (Lipinski definition) is 3. The normalized spacial score (nSPS) is 11.7. The van der Waals surface area contributed by atoms with Crippen molar-refractivity contribution in [1.29, 1.82) is 0 Å². The van der Waals surface area contributed by atoms with E-state index in [1.807, 2.05) is 0 Å². The van der Waals surface area contributed by atoms with Gasteiger partial charge in [-0.05, 0) is 18.2 Å². The van der Waals surface area contributed by atoms with Crippen LogP contribution >= 0.6 is 15.9 Å². The van der Waals surface area contributed by atoms with Gasteiger partial charge in [0.25, 0.3) is 5.91 Å². The van der Waals surface area contributed by atoms with Crippen LogP contribution in [0, 0.1) is 0 Å². The lowest BCUT2D eigenvalue weighted by Crippen LogP contribution is -2.40. The number of carbonyl (C=O) groups excluding carboxylic acids is 1. The summed E-state index contributed by atoms with van der Waals surface area (Å²) in [6, 6.07) is 2.12. The number of nitrogens with one attached hydrogen (secondary N) is 1. The molecule has 0 unspecified atom stereocenters. The molecule has 1 amide bonds. The maximum absolute atomic E-state index is 12.8. The first-order chi connectivity index (χ1) is 8.79. The molecule has 0 bridgehead atoms. The molecule has 8 heteroatoms. The average Bonchev–Trinajstić information content (AvgIpc) is 2.34. The zero-order chi connectivity index (χ0) is 14.6. The standard InChI is InChI=1S/C11H11BrF3NO3/c12-6-1-2-8(9(3-6)11(13,14)15)10(19)16-7(4-17)5-18/h1-3,7,17-18H,4-5H2,(H,16,19). The molecular weight excluding hydrogens is 331 g/mol. The van der Waals surface area contributed by atoms with Gasteiger partial charge in [-0.1, -0.05) is 15.9 Å². The smallest absolute Gasteiger partial charge is 0.394 e. The molecule has 0 aliphatic rings. The quantitative estimate of drug-likeness (QED) is 0.778. The molecule has 0 fully saturated rings. The number of benzene rings is 1. The summed E-state index contributed by atoms with van der Waals surface area (Å²) in [5, 5.41) is 19.7. The van der Waals surface area contributed by atoms with Gasteiger partial charge in [0.15, 0.2) is 0 Å². The van der Waals surface area contributed by atoms with Gasteiger partial charge in [-0.15, -0.1) is 0 Å². The highest BCUT2D eigenvalue weighted by molar-refractivity contribution is 9.10. The Hall–Kier alpha value is -1.12. The summed E-state index contributed by atoms with van der Waals surface area (Å²) in [7, 11) is 0. The lowest BCUT2D eigenvalue weighted by molar-refractivity contribution is -0.138. The Morgan fingerprint density at radius 2 is 1.89 bits per heavy atom. The molecule has 1 aromatic rings. The van der Waals surface area contributed by atoms with E-state index in [-0.39, 0.29) is 4.47 Å². The monoisotopic (exact) mass is 341 g/mol. The highest BCUT2D eigenvalue weighted by Crippen LogP contribution is 2.33. The predicted octanol–water partition coefficient (Wildman–Crippen LogP) is 1.55. The number of aliphatic hydroxyl groups is 2. The molecule has 19 heavy (non-hydrogen) atoms. The molecule has 0 saturated carbocycles. The molecule has 106 valence electrons. The van der Waals surface area contributed by atoms with Crippen LogP contribution in [0.3, 0.4) is 0 Å². The third kappa shape index (κ3) is 4.19. The van der Waals surface area contributed by atoms with Crippen LogP contribution < -0.4 is 5.32 Å². The molecular formula is C11H11BrF3NO3. The number of alkyl halides is 3. The summed E-state index contributed by atoms with van der Waals surface area (Å²) < 4.78 is 38.6. The van der Waals surface area contributed by atoms with Crippen LogP contribution in [0.25, 0.3) is 0 Å². The van der Waals surface area contributed by atoms with E-state index in [0.717, 1.165) is 12.1 Å². The largest absolute Gasteiger partial charge is 0.417 e. The van der Waals surface area contributed by atoms with Gasteiger partial charge >= 0.3 is 6.18 Å². The molecule has 0 aliphatic heterocycles. The van der Waals surface area contributed by atoms with Crippen LogP contribution in [0.4, 0.5) is 13.2 Å². The Morgan fingerprint density at radius 1 is 1.32 bits per heavy atom. The topological polar surface area (TPSA) is 69.6 Å². The minimum absolute atomic E-state index is 0.192. The lowest BCUT2D eigenvalue weighted by Gasteiger charge is -2.16. The molecule has 0 saturated heterocycles. The molecule has 0 radical (unpaired) electrons. The second-order valence-electron chi connectivity index (χ2n) is 3.72. The molecule has 0 aliphatic carbocycles. The van der Waals surface area contributed by atoms with E-state index in [1.165, 1.54) is 6.07 Å². The van der Waals surface area contributed by atoms with Crippen LogP contribution in [-0.4, -0.2) is 35.4 Å². The third-order valence-electron chi connectivity index (χ3n) is 2.31. The molecule has 0 spiro atoms. The van der Waals surface area contributed by atoms with Gasteiger partial charge < -0.3 is 15.5 Å². The first kappa shape index (κ1) is 15.9. The fraction of sp³-hybridized carbons (Fsp3) is 0.364. The number of halogens is 4. The van der Waals surface area contributed by atoms with Crippen molar-refractivity contribution in [3.8, 4) is 0 Å².